The van der Waals surface area contributed by atoms with Crippen LogP contribution in [0.15, 0.2) is 18.2 Å². The van der Waals surface area contributed by atoms with Crippen LogP contribution in [0.2, 0.25) is 5.02 Å². The van der Waals surface area contributed by atoms with Crippen LogP contribution in [0.3, 0.4) is 0 Å². The van der Waals surface area contributed by atoms with Crippen LogP contribution in [0.25, 0.3) is 0 Å². The average Bonchev–Trinajstić information content (AvgIpc) is 2.62. The van der Waals surface area contributed by atoms with Crippen LogP contribution in [-0.2, 0) is 6.42 Å². The molecule has 0 saturated carbocycles. The molecule has 2 nitrogen and oxygen atoms in total. The highest BCUT2D eigenvalue weighted by molar-refractivity contribution is 6.31. The Hall–Kier alpha value is -0.730. The molecule has 18 heavy (non-hydrogen) atoms. The summed E-state index contributed by atoms with van der Waals surface area (Å²) in [5.74, 6) is 1.51. The summed E-state index contributed by atoms with van der Waals surface area (Å²) in [6.45, 7) is 8.90. The molecule has 0 aromatic heterocycles. The van der Waals surface area contributed by atoms with Crippen molar-refractivity contribution in [2.45, 2.75) is 33.2 Å². The summed E-state index contributed by atoms with van der Waals surface area (Å²) < 4.78 is 0. The first-order valence-corrected chi connectivity index (χ1v) is 7.14. The zero-order valence-electron chi connectivity index (χ0n) is 11.5. The zero-order chi connectivity index (χ0) is 13.3. The van der Waals surface area contributed by atoms with Gasteiger partial charge in [0.15, 0.2) is 0 Å². The van der Waals surface area contributed by atoms with Crippen molar-refractivity contribution in [1.82, 2.24) is 0 Å². The molecule has 0 spiro atoms. The second kappa shape index (κ2) is 5.50. The van der Waals surface area contributed by atoms with E-state index in [0.717, 1.165) is 41.9 Å². The molecule has 1 saturated heterocycles. The second-order valence-electron chi connectivity index (χ2n) is 5.82. The van der Waals surface area contributed by atoms with Gasteiger partial charge < -0.3 is 10.6 Å². The highest BCUT2D eigenvalue weighted by atomic mass is 35.5. The Labute approximate surface area is 115 Å². The van der Waals surface area contributed by atoms with Crippen molar-refractivity contribution in [3.63, 3.8) is 0 Å². The third-order valence-corrected chi connectivity index (χ3v) is 4.28. The first-order chi connectivity index (χ1) is 8.47. The van der Waals surface area contributed by atoms with Crippen LogP contribution >= 0.6 is 11.6 Å². The molecule has 1 aliphatic heterocycles. The predicted octanol–water partition coefficient (Wildman–Crippen LogP) is 3.32. The number of rotatable bonds is 3. The molecule has 3 atom stereocenters. The fraction of sp³-hybridized carbons (Fsp3) is 0.600. The van der Waals surface area contributed by atoms with Gasteiger partial charge in [0.05, 0.1) is 0 Å². The number of hydrogen-bond acceptors (Lipinski definition) is 2. The Morgan fingerprint density at radius 3 is 2.44 bits per heavy atom. The molecule has 1 aromatic carbocycles. The quantitative estimate of drug-likeness (QED) is 0.909. The van der Waals surface area contributed by atoms with Crippen molar-refractivity contribution in [3.05, 3.63) is 28.8 Å². The Bertz CT molecular complexity index is 407. The number of anilines is 1. The van der Waals surface area contributed by atoms with Crippen molar-refractivity contribution in [2.75, 3.05) is 18.0 Å². The van der Waals surface area contributed by atoms with E-state index in [1.807, 2.05) is 6.92 Å². The van der Waals surface area contributed by atoms with E-state index in [1.165, 1.54) is 5.69 Å². The molecular weight excluding hydrogens is 244 g/mol. The third-order valence-electron chi connectivity index (χ3n) is 3.93. The van der Waals surface area contributed by atoms with Crippen molar-refractivity contribution in [1.29, 1.82) is 0 Å². The fourth-order valence-electron chi connectivity index (χ4n) is 2.59. The fourth-order valence-corrected chi connectivity index (χ4v) is 2.84. The van der Waals surface area contributed by atoms with Gasteiger partial charge in [0.25, 0.3) is 0 Å². The minimum Gasteiger partial charge on any atom is -0.371 e. The maximum atomic E-state index is 6.34. The lowest BCUT2D eigenvalue weighted by atomic mass is 10.0. The van der Waals surface area contributed by atoms with Gasteiger partial charge in [-0.3, -0.25) is 0 Å². The minimum atomic E-state index is 0.153. The third kappa shape index (κ3) is 2.99. The van der Waals surface area contributed by atoms with Crippen LogP contribution in [0.1, 0.15) is 26.3 Å². The summed E-state index contributed by atoms with van der Waals surface area (Å²) in [5, 5.41) is 0.844. The second-order valence-corrected chi connectivity index (χ2v) is 6.22. The van der Waals surface area contributed by atoms with E-state index < -0.39 is 0 Å². The SMILES string of the molecule is CC(N)Cc1ccc(N2CC(C)C(C)C2)cc1Cl. The van der Waals surface area contributed by atoms with Crippen LogP contribution in [0.5, 0.6) is 0 Å². The van der Waals surface area contributed by atoms with Gasteiger partial charge in [0, 0.05) is 29.8 Å². The molecule has 0 amide bonds. The molecule has 1 heterocycles. The monoisotopic (exact) mass is 266 g/mol. The van der Waals surface area contributed by atoms with Crippen molar-refractivity contribution >= 4 is 17.3 Å². The molecule has 100 valence electrons. The molecule has 3 heteroatoms. The molecule has 2 rings (SSSR count). The molecule has 0 bridgehead atoms. The molecule has 1 aromatic rings. The van der Waals surface area contributed by atoms with E-state index in [4.69, 9.17) is 17.3 Å². The van der Waals surface area contributed by atoms with Gasteiger partial charge in [-0.05, 0) is 42.9 Å². The lowest BCUT2D eigenvalue weighted by Gasteiger charge is -2.20. The molecule has 1 fully saturated rings. The smallest absolute Gasteiger partial charge is 0.0459 e. The number of hydrogen-bond donors (Lipinski definition) is 1. The van der Waals surface area contributed by atoms with E-state index >= 15 is 0 Å². The predicted molar refractivity (Wildman–Crippen MR) is 79.3 cm³/mol. The first kappa shape index (κ1) is 13.7. The lowest BCUT2D eigenvalue weighted by Crippen LogP contribution is -2.20. The largest absolute Gasteiger partial charge is 0.371 e. The summed E-state index contributed by atoms with van der Waals surface area (Å²) >= 11 is 6.34. The summed E-state index contributed by atoms with van der Waals surface area (Å²) in [6.07, 6.45) is 0.839. The average molecular weight is 267 g/mol. The van der Waals surface area contributed by atoms with Gasteiger partial charge in [-0.25, -0.2) is 0 Å². The normalized spacial score (nSPS) is 25.5. The van der Waals surface area contributed by atoms with Gasteiger partial charge in [0.2, 0.25) is 0 Å². The number of benzene rings is 1. The highest BCUT2D eigenvalue weighted by Gasteiger charge is 2.26. The molecule has 2 N–H and O–H groups in total. The topological polar surface area (TPSA) is 29.3 Å². The van der Waals surface area contributed by atoms with Crippen molar-refractivity contribution in [3.8, 4) is 0 Å². The van der Waals surface area contributed by atoms with E-state index in [2.05, 4.69) is 36.9 Å². The van der Waals surface area contributed by atoms with Gasteiger partial charge in [-0.2, -0.15) is 0 Å². The maximum Gasteiger partial charge on any atom is 0.0459 e. The minimum absolute atomic E-state index is 0.153. The van der Waals surface area contributed by atoms with Crippen LogP contribution in [0.4, 0.5) is 5.69 Å². The highest BCUT2D eigenvalue weighted by Crippen LogP contribution is 2.30. The van der Waals surface area contributed by atoms with Crippen LogP contribution in [-0.4, -0.2) is 19.1 Å². The standard InChI is InChI=1S/C15H23ClN2/c1-10-8-18(9-11(10)2)14-5-4-13(6-12(3)17)15(16)7-14/h4-5,7,10-12H,6,8-9,17H2,1-3H3. The molecule has 3 unspecified atom stereocenters. The Balaban J connectivity index is 2.14. The van der Waals surface area contributed by atoms with Crippen LogP contribution in [0, 0.1) is 11.8 Å². The summed E-state index contributed by atoms with van der Waals surface area (Å²) in [7, 11) is 0. The van der Waals surface area contributed by atoms with Gasteiger partial charge >= 0.3 is 0 Å². The van der Waals surface area contributed by atoms with Gasteiger partial charge in [-0.1, -0.05) is 31.5 Å². The maximum absolute atomic E-state index is 6.34. The first-order valence-electron chi connectivity index (χ1n) is 6.76. The number of nitrogens with two attached hydrogens (primary N) is 1. The summed E-state index contributed by atoms with van der Waals surface area (Å²) in [4.78, 5) is 2.43. The number of halogens is 1. The van der Waals surface area contributed by atoms with Crippen LogP contribution < -0.4 is 10.6 Å². The van der Waals surface area contributed by atoms with Crippen molar-refractivity contribution < 1.29 is 0 Å². The summed E-state index contributed by atoms with van der Waals surface area (Å²) in [5.41, 5.74) is 8.21. The van der Waals surface area contributed by atoms with Gasteiger partial charge in [0.1, 0.15) is 0 Å². The zero-order valence-corrected chi connectivity index (χ0v) is 12.2. The Kier molecular flexibility index (Phi) is 4.18. The molecule has 0 radical (unpaired) electrons. The Morgan fingerprint density at radius 2 is 1.94 bits per heavy atom. The van der Waals surface area contributed by atoms with E-state index in [1.54, 1.807) is 0 Å². The van der Waals surface area contributed by atoms with Crippen molar-refractivity contribution in [2.24, 2.45) is 17.6 Å². The van der Waals surface area contributed by atoms with E-state index in [0.29, 0.717) is 0 Å². The molecule has 0 aliphatic carbocycles. The van der Waals surface area contributed by atoms with Gasteiger partial charge in [-0.15, -0.1) is 0 Å². The number of nitrogens with zero attached hydrogens (tertiary/aromatic N) is 1. The van der Waals surface area contributed by atoms with E-state index in [-0.39, 0.29) is 6.04 Å². The Morgan fingerprint density at radius 1 is 1.33 bits per heavy atom. The lowest BCUT2D eigenvalue weighted by molar-refractivity contribution is 0.494. The molecule has 1 aliphatic rings. The van der Waals surface area contributed by atoms with E-state index in [9.17, 15) is 0 Å². The molecular formula is C15H23ClN2. The summed E-state index contributed by atoms with van der Waals surface area (Å²) in [6, 6.07) is 6.53.